The summed E-state index contributed by atoms with van der Waals surface area (Å²) in [5.41, 5.74) is 3.49. The van der Waals surface area contributed by atoms with Crippen LogP contribution in [0.5, 0.6) is 0 Å². The van der Waals surface area contributed by atoms with E-state index in [0.29, 0.717) is 12.2 Å². The molecule has 0 aliphatic heterocycles. The molecule has 2 nitrogen and oxygen atoms in total. The molecule has 2 aromatic rings. The van der Waals surface area contributed by atoms with E-state index in [1.165, 1.54) is 20.1 Å². The van der Waals surface area contributed by atoms with Crippen molar-refractivity contribution in [3.8, 4) is 0 Å². The second kappa shape index (κ2) is 5.40. The van der Waals surface area contributed by atoms with E-state index in [9.17, 15) is 4.79 Å². The average molecular weight is 366 g/mol. The summed E-state index contributed by atoms with van der Waals surface area (Å²) < 4.78 is 3.53. The van der Waals surface area contributed by atoms with E-state index in [1.54, 1.807) is 11.3 Å². The lowest BCUT2D eigenvalue weighted by atomic mass is 9.76. The fourth-order valence-corrected chi connectivity index (χ4v) is 4.70. The number of Topliss-reactive ketones (excluding diaryl/α,β-unsaturated/α-hetero) is 1. The largest absolute Gasteiger partial charge is 0.348 e. The summed E-state index contributed by atoms with van der Waals surface area (Å²) in [5.74, 6) is 0.307. The molecule has 2 heterocycles. The summed E-state index contributed by atoms with van der Waals surface area (Å²) in [7, 11) is 0. The molecule has 0 fully saturated rings. The molecule has 0 unspecified atom stereocenters. The fourth-order valence-electron chi connectivity index (χ4n) is 3.23. The van der Waals surface area contributed by atoms with Crippen LogP contribution in [0.3, 0.4) is 0 Å². The van der Waals surface area contributed by atoms with Crippen LogP contribution in [0, 0.1) is 12.3 Å². The van der Waals surface area contributed by atoms with Gasteiger partial charge in [-0.2, -0.15) is 0 Å². The van der Waals surface area contributed by atoms with Crippen molar-refractivity contribution in [2.24, 2.45) is 5.41 Å². The van der Waals surface area contributed by atoms with Crippen LogP contribution in [0.2, 0.25) is 0 Å². The van der Waals surface area contributed by atoms with Crippen LogP contribution in [0.15, 0.2) is 22.0 Å². The first-order valence-electron chi connectivity index (χ1n) is 7.32. The lowest BCUT2D eigenvalue weighted by Gasteiger charge is -2.29. The number of nitrogens with zero attached hydrogens (tertiary/aromatic N) is 1. The Morgan fingerprint density at radius 1 is 1.33 bits per heavy atom. The molecule has 0 amide bonds. The molecule has 0 N–H and O–H groups in total. The lowest BCUT2D eigenvalue weighted by molar-refractivity contribution is 0.0910. The molecule has 1 aliphatic carbocycles. The summed E-state index contributed by atoms with van der Waals surface area (Å²) in [5, 5.41) is 0. The van der Waals surface area contributed by atoms with Gasteiger partial charge in [-0.1, -0.05) is 13.8 Å². The Balaban J connectivity index is 1.88. The van der Waals surface area contributed by atoms with Gasteiger partial charge >= 0.3 is 0 Å². The predicted octanol–water partition coefficient (Wildman–Crippen LogP) is 5.02. The molecule has 0 saturated carbocycles. The fraction of sp³-hybridized carbons (Fsp3) is 0.471. The third kappa shape index (κ3) is 3.02. The highest BCUT2D eigenvalue weighted by Crippen LogP contribution is 2.36. The van der Waals surface area contributed by atoms with Gasteiger partial charge in [-0.05, 0) is 59.3 Å². The molecule has 4 heteroatoms. The Labute approximate surface area is 138 Å². The number of aryl methyl sites for hydroxylation is 2. The molecule has 21 heavy (non-hydrogen) atoms. The second-order valence-electron chi connectivity index (χ2n) is 6.69. The highest BCUT2D eigenvalue weighted by atomic mass is 79.9. The van der Waals surface area contributed by atoms with Crippen molar-refractivity contribution < 1.29 is 4.79 Å². The summed E-state index contributed by atoms with van der Waals surface area (Å²) in [4.78, 5) is 13.7. The summed E-state index contributed by atoms with van der Waals surface area (Å²) in [6.45, 7) is 7.45. The summed E-state index contributed by atoms with van der Waals surface area (Å²) in [6, 6.07) is 6.36. The Morgan fingerprint density at radius 2 is 2.10 bits per heavy atom. The number of hydrogen-bond acceptors (Lipinski definition) is 2. The van der Waals surface area contributed by atoms with Crippen LogP contribution in [-0.4, -0.2) is 10.4 Å². The Hall–Kier alpha value is -0.870. The number of hydrogen-bond donors (Lipinski definition) is 0. The number of halogens is 1. The molecule has 0 saturated heterocycles. The molecule has 1 aliphatic rings. The molecule has 0 bridgehead atoms. The Morgan fingerprint density at radius 3 is 2.76 bits per heavy atom. The minimum Gasteiger partial charge on any atom is -0.348 e. The molecule has 112 valence electrons. The molecular formula is C17H20BrNOS. The zero-order valence-corrected chi connectivity index (χ0v) is 15.1. The summed E-state index contributed by atoms with van der Waals surface area (Å²) >= 11 is 5.30. The number of aromatic nitrogens is 1. The van der Waals surface area contributed by atoms with Gasteiger partial charge in [-0.3, -0.25) is 4.79 Å². The second-order valence-corrected chi connectivity index (χ2v) is 9.24. The van der Waals surface area contributed by atoms with Crippen molar-refractivity contribution in [1.29, 1.82) is 0 Å². The van der Waals surface area contributed by atoms with Crippen molar-refractivity contribution in [2.45, 2.75) is 46.6 Å². The third-order valence-corrected chi connectivity index (χ3v) is 5.90. The quantitative estimate of drug-likeness (QED) is 0.748. The lowest BCUT2D eigenvalue weighted by Crippen LogP contribution is -2.28. The van der Waals surface area contributed by atoms with Crippen LogP contribution in [0.4, 0.5) is 0 Å². The number of fused-ring (bicyclic) bond motifs is 1. The zero-order chi connectivity index (χ0) is 15.2. The Kier molecular flexibility index (Phi) is 3.87. The van der Waals surface area contributed by atoms with E-state index in [2.05, 4.69) is 59.5 Å². The molecule has 3 rings (SSSR count). The first-order valence-corrected chi connectivity index (χ1v) is 8.93. The number of thiophene rings is 1. The smallest absolute Gasteiger partial charge is 0.165 e. The maximum absolute atomic E-state index is 12.3. The number of ketones is 1. The number of rotatable bonds is 3. The van der Waals surface area contributed by atoms with E-state index in [1.807, 2.05) is 0 Å². The first kappa shape index (κ1) is 15.0. The van der Waals surface area contributed by atoms with Gasteiger partial charge in [-0.25, -0.2) is 0 Å². The molecular weight excluding hydrogens is 346 g/mol. The van der Waals surface area contributed by atoms with E-state index in [-0.39, 0.29) is 5.41 Å². The van der Waals surface area contributed by atoms with Gasteiger partial charge in [0, 0.05) is 34.8 Å². The predicted molar refractivity (Wildman–Crippen MR) is 91.3 cm³/mol. The van der Waals surface area contributed by atoms with Gasteiger partial charge in [0.05, 0.1) is 3.79 Å². The van der Waals surface area contributed by atoms with Gasteiger partial charge in [0.15, 0.2) is 5.78 Å². The topological polar surface area (TPSA) is 22.0 Å². The van der Waals surface area contributed by atoms with Gasteiger partial charge in [0.2, 0.25) is 0 Å². The molecule has 0 radical (unpaired) electrons. The highest BCUT2D eigenvalue weighted by molar-refractivity contribution is 9.11. The van der Waals surface area contributed by atoms with Crippen molar-refractivity contribution in [1.82, 2.24) is 4.57 Å². The summed E-state index contributed by atoms with van der Waals surface area (Å²) in [6.07, 6.45) is 2.68. The SMILES string of the molecule is Cc1cc2c(n1CCc1ccc(Br)s1)CC(C)(C)CC2=O. The first-order chi connectivity index (χ1) is 9.85. The van der Waals surface area contributed by atoms with Gasteiger partial charge in [-0.15, -0.1) is 11.3 Å². The van der Waals surface area contributed by atoms with Crippen LogP contribution in [-0.2, 0) is 19.4 Å². The van der Waals surface area contributed by atoms with Crippen LogP contribution in [0.25, 0.3) is 0 Å². The normalized spacial score (nSPS) is 17.0. The van der Waals surface area contributed by atoms with Crippen LogP contribution >= 0.6 is 27.3 Å². The van der Waals surface area contributed by atoms with Gasteiger partial charge in [0.25, 0.3) is 0 Å². The van der Waals surface area contributed by atoms with Crippen LogP contribution < -0.4 is 0 Å². The van der Waals surface area contributed by atoms with E-state index >= 15 is 0 Å². The molecule has 0 spiro atoms. The average Bonchev–Trinajstić information content (AvgIpc) is 2.90. The van der Waals surface area contributed by atoms with Crippen LogP contribution in [0.1, 0.15) is 46.9 Å². The Bertz CT molecular complexity index is 696. The van der Waals surface area contributed by atoms with Crippen molar-refractivity contribution in [3.63, 3.8) is 0 Å². The van der Waals surface area contributed by atoms with Crippen molar-refractivity contribution in [3.05, 3.63) is 43.8 Å². The highest BCUT2D eigenvalue weighted by Gasteiger charge is 2.33. The maximum Gasteiger partial charge on any atom is 0.165 e. The maximum atomic E-state index is 12.3. The minimum atomic E-state index is 0.0819. The zero-order valence-electron chi connectivity index (χ0n) is 12.7. The van der Waals surface area contributed by atoms with Crippen molar-refractivity contribution >= 4 is 33.0 Å². The molecule has 0 atom stereocenters. The van der Waals surface area contributed by atoms with Crippen molar-refractivity contribution in [2.75, 3.05) is 0 Å². The number of carbonyl (C=O) groups excluding carboxylic acids is 1. The molecule has 2 aromatic heterocycles. The monoisotopic (exact) mass is 365 g/mol. The minimum absolute atomic E-state index is 0.0819. The number of carbonyl (C=O) groups is 1. The van der Waals surface area contributed by atoms with E-state index in [0.717, 1.165) is 24.9 Å². The standard InChI is InChI=1S/C17H20BrNOS/c1-11-8-13-14(9-17(2,3)10-15(13)20)19(11)7-6-12-4-5-16(18)21-12/h4-5,8H,6-7,9-10H2,1-3H3. The van der Waals surface area contributed by atoms with Gasteiger partial charge in [0.1, 0.15) is 0 Å². The molecule has 0 aromatic carbocycles. The van der Waals surface area contributed by atoms with Gasteiger partial charge < -0.3 is 4.57 Å². The third-order valence-electron chi connectivity index (χ3n) is 4.21. The van der Waals surface area contributed by atoms with E-state index in [4.69, 9.17) is 0 Å². The van der Waals surface area contributed by atoms with E-state index < -0.39 is 0 Å².